The van der Waals surface area contributed by atoms with Crippen LogP contribution in [0.2, 0.25) is 5.02 Å². The van der Waals surface area contributed by atoms with Crippen molar-refractivity contribution >= 4 is 34.7 Å². The van der Waals surface area contributed by atoms with Crippen LogP contribution < -0.4 is 5.32 Å². The van der Waals surface area contributed by atoms with Crippen molar-refractivity contribution in [3.05, 3.63) is 77.0 Å². The zero-order valence-corrected chi connectivity index (χ0v) is 13.7. The Balaban J connectivity index is 1.50. The Hall–Kier alpha value is -2.72. The van der Waals surface area contributed by atoms with Gasteiger partial charge < -0.3 is 15.0 Å². The van der Waals surface area contributed by atoms with Gasteiger partial charge >= 0.3 is 6.09 Å². The van der Waals surface area contributed by atoms with Gasteiger partial charge in [0, 0.05) is 29.2 Å². The lowest BCUT2D eigenvalue weighted by atomic mass is 10.1. The monoisotopic (exact) mass is 340 g/mol. The van der Waals surface area contributed by atoms with Crippen molar-refractivity contribution in [2.75, 3.05) is 6.54 Å². The van der Waals surface area contributed by atoms with Crippen LogP contribution >= 0.6 is 11.6 Å². The molecule has 0 fully saturated rings. The molecule has 0 bridgehead atoms. The summed E-state index contributed by atoms with van der Waals surface area (Å²) in [4.78, 5) is 14.8. The van der Waals surface area contributed by atoms with E-state index in [0.717, 1.165) is 22.0 Å². The third-order valence-corrected chi connectivity index (χ3v) is 3.87. The highest BCUT2D eigenvalue weighted by molar-refractivity contribution is 6.36. The number of hydrogen-bond acceptors (Lipinski definition) is 2. The Morgan fingerprint density at radius 3 is 2.83 bits per heavy atom. The summed E-state index contributed by atoms with van der Waals surface area (Å²) in [6.45, 7) is 0.638. The fraction of sp³-hybridized carbons (Fsp3) is 0.105. The minimum atomic E-state index is -0.444. The summed E-state index contributed by atoms with van der Waals surface area (Å²) in [7, 11) is 0. The molecule has 0 unspecified atom stereocenters. The summed E-state index contributed by atoms with van der Waals surface area (Å²) in [6, 6.07) is 15.3. The van der Waals surface area contributed by atoms with Gasteiger partial charge in [-0.1, -0.05) is 60.2 Å². The zero-order chi connectivity index (χ0) is 16.8. The van der Waals surface area contributed by atoms with Crippen LogP contribution in [0.25, 0.3) is 17.0 Å². The number of hydrogen-bond donors (Lipinski definition) is 2. The zero-order valence-electron chi connectivity index (χ0n) is 13.0. The predicted octanol–water partition coefficient (Wildman–Crippen LogP) is 4.76. The van der Waals surface area contributed by atoms with Crippen molar-refractivity contribution in [3.8, 4) is 0 Å². The summed E-state index contributed by atoms with van der Waals surface area (Å²) < 4.78 is 5.14. The first kappa shape index (κ1) is 16.1. The maximum atomic E-state index is 11.6. The summed E-state index contributed by atoms with van der Waals surface area (Å²) in [6.07, 6.45) is 5.22. The van der Waals surface area contributed by atoms with E-state index in [1.165, 1.54) is 0 Å². The molecule has 4 nitrogen and oxygen atoms in total. The Kier molecular flexibility index (Phi) is 5.18. The molecule has 0 aliphatic heterocycles. The standard InChI is InChI=1S/C19H17ClN2O2/c20-16-9-4-10-17-18(16)15(12-22-17)8-5-11-21-19(23)24-13-14-6-2-1-3-7-14/h1-10,12,22H,11,13H2,(H,21,23). The number of halogens is 1. The molecule has 1 aromatic heterocycles. The predicted molar refractivity (Wildman–Crippen MR) is 97.0 cm³/mol. The van der Waals surface area contributed by atoms with Crippen LogP contribution in [-0.2, 0) is 11.3 Å². The fourth-order valence-electron chi connectivity index (χ4n) is 2.40. The average Bonchev–Trinajstić information content (AvgIpc) is 3.02. The van der Waals surface area contributed by atoms with Gasteiger partial charge in [0.25, 0.3) is 0 Å². The lowest BCUT2D eigenvalue weighted by Crippen LogP contribution is -2.24. The van der Waals surface area contributed by atoms with Crippen LogP contribution in [0.15, 0.2) is 60.8 Å². The van der Waals surface area contributed by atoms with Crippen LogP contribution in [-0.4, -0.2) is 17.6 Å². The molecule has 1 amide bonds. The molecule has 0 saturated carbocycles. The van der Waals surface area contributed by atoms with E-state index in [-0.39, 0.29) is 6.61 Å². The molecular weight excluding hydrogens is 324 g/mol. The van der Waals surface area contributed by atoms with Crippen LogP contribution in [0.3, 0.4) is 0 Å². The molecule has 0 saturated heterocycles. The summed E-state index contributed by atoms with van der Waals surface area (Å²) in [5, 5.41) is 4.36. The second-order valence-electron chi connectivity index (χ2n) is 5.25. The quantitative estimate of drug-likeness (QED) is 0.703. The smallest absolute Gasteiger partial charge is 0.407 e. The number of benzene rings is 2. The molecule has 0 aliphatic rings. The van der Waals surface area contributed by atoms with Crippen molar-refractivity contribution in [3.63, 3.8) is 0 Å². The molecular formula is C19H17ClN2O2. The summed E-state index contributed by atoms with van der Waals surface area (Å²) in [5.41, 5.74) is 2.92. The van der Waals surface area contributed by atoms with E-state index in [1.807, 2.05) is 66.9 Å². The number of ether oxygens (including phenoxy) is 1. The summed E-state index contributed by atoms with van der Waals surface area (Å²) in [5.74, 6) is 0. The molecule has 1 heterocycles. The average molecular weight is 341 g/mol. The first-order valence-electron chi connectivity index (χ1n) is 7.61. The Labute approximate surface area is 145 Å². The molecule has 2 aromatic carbocycles. The largest absolute Gasteiger partial charge is 0.445 e. The number of aromatic amines is 1. The first-order chi connectivity index (χ1) is 11.7. The Bertz CT molecular complexity index is 856. The van der Waals surface area contributed by atoms with Gasteiger partial charge in [0.2, 0.25) is 0 Å². The van der Waals surface area contributed by atoms with Gasteiger partial charge in [0.15, 0.2) is 0 Å². The molecule has 0 spiro atoms. The minimum Gasteiger partial charge on any atom is -0.445 e. The molecule has 0 radical (unpaired) electrons. The molecule has 2 N–H and O–H groups in total. The second-order valence-corrected chi connectivity index (χ2v) is 5.66. The Morgan fingerprint density at radius 1 is 1.17 bits per heavy atom. The van der Waals surface area contributed by atoms with Gasteiger partial charge in [-0.3, -0.25) is 0 Å². The van der Waals surface area contributed by atoms with E-state index in [0.29, 0.717) is 11.6 Å². The van der Waals surface area contributed by atoms with Crippen molar-refractivity contribution in [2.45, 2.75) is 6.61 Å². The highest BCUT2D eigenvalue weighted by Crippen LogP contribution is 2.27. The van der Waals surface area contributed by atoms with Gasteiger partial charge in [-0.05, 0) is 17.7 Å². The summed E-state index contributed by atoms with van der Waals surface area (Å²) >= 11 is 6.22. The number of nitrogens with one attached hydrogen (secondary N) is 2. The number of carbonyl (C=O) groups excluding carboxylic acids is 1. The third kappa shape index (κ3) is 3.97. The number of fused-ring (bicyclic) bond motifs is 1. The van der Waals surface area contributed by atoms with Crippen LogP contribution in [0, 0.1) is 0 Å². The van der Waals surface area contributed by atoms with Crippen molar-refractivity contribution in [1.29, 1.82) is 0 Å². The molecule has 122 valence electrons. The highest BCUT2D eigenvalue weighted by atomic mass is 35.5. The normalized spacial score (nSPS) is 11.0. The van der Waals surface area contributed by atoms with Crippen molar-refractivity contribution in [2.24, 2.45) is 0 Å². The molecule has 3 aromatic rings. The molecule has 5 heteroatoms. The Morgan fingerprint density at radius 2 is 2.00 bits per heavy atom. The minimum absolute atomic E-state index is 0.258. The van der Waals surface area contributed by atoms with Gasteiger partial charge in [0.05, 0.1) is 5.02 Å². The number of rotatable bonds is 5. The number of H-pyrrole nitrogens is 1. The van der Waals surface area contributed by atoms with Gasteiger partial charge in [-0.15, -0.1) is 0 Å². The SMILES string of the molecule is O=C(NCC=Cc1c[nH]c2cccc(Cl)c12)OCc1ccccc1. The van der Waals surface area contributed by atoms with Crippen molar-refractivity contribution < 1.29 is 9.53 Å². The van der Waals surface area contributed by atoms with Gasteiger partial charge in [-0.25, -0.2) is 4.79 Å². The molecule has 0 atom stereocenters. The van der Waals surface area contributed by atoms with E-state index >= 15 is 0 Å². The molecule has 24 heavy (non-hydrogen) atoms. The lowest BCUT2D eigenvalue weighted by Gasteiger charge is -2.05. The van der Waals surface area contributed by atoms with E-state index in [9.17, 15) is 4.79 Å². The maximum Gasteiger partial charge on any atom is 0.407 e. The van der Waals surface area contributed by atoms with E-state index in [2.05, 4.69) is 10.3 Å². The third-order valence-electron chi connectivity index (χ3n) is 3.56. The van der Waals surface area contributed by atoms with Crippen LogP contribution in [0.1, 0.15) is 11.1 Å². The second kappa shape index (κ2) is 7.70. The fourth-order valence-corrected chi connectivity index (χ4v) is 2.68. The van der Waals surface area contributed by atoms with Crippen molar-refractivity contribution in [1.82, 2.24) is 10.3 Å². The number of carbonyl (C=O) groups is 1. The highest BCUT2D eigenvalue weighted by Gasteiger charge is 2.04. The molecule has 0 aliphatic carbocycles. The lowest BCUT2D eigenvalue weighted by molar-refractivity contribution is 0.141. The van der Waals surface area contributed by atoms with E-state index in [1.54, 1.807) is 0 Å². The van der Waals surface area contributed by atoms with E-state index in [4.69, 9.17) is 16.3 Å². The van der Waals surface area contributed by atoms with Gasteiger partial charge in [0.1, 0.15) is 6.61 Å². The first-order valence-corrected chi connectivity index (χ1v) is 7.98. The van der Waals surface area contributed by atoms with Crippen LogP contribution in [0.5, 0.6) is 0 Å². The molecule has 3 rings (SSSR count). The van der Waals surface area contributed by atoms with Gasteiger partial charge in [-0.2, -0.15) is 0 Å². The number of aromatic nitrogens is 1. The van der Waals surface area contributed by atoms with Crippen LogP contribution in [0.4, 0.5) is 4.79 Å². The van der Waals surface area contributed by atoms with E-state index < -0.39 is 6.09 Å². The number of alkyl carbamates (subject to hydrolysis) is 1. The topological polar surface area (TPSA) is 54.1 Å². The number of amides is 1. The maximum absolute atomic E-state index is 11.6.